The Morgan fingerprint density at radius 1 is 1.17 bits per heavy atom. The number of nitrogens with zero attached hydrogens (tertiary/aromatic N) is 3. The summed E-state index contributed by atoms with van der Waals surface area (Å²) in [4.78, 5) is 15.7. The number of urea groups is 1. The summed E-state index contributed by atoms with van der Waals surface area (Å²) in [5.41, 5.74) is 0.512. The Hall–Kier alpha value is -1.67. The molecular weight excluding hydrogens is 333 g/mol. The molecule has 0 bridgehead atoms. The van der Waals surface area contributed by atoms with E-state index >= 15 is 0 Å². The first kappa shape index (κ1) is 18.7. The molecule has 0 saturated carbocycles. The third kappa shape index (κ3) is 3.70. The van der Waals surface area contributed by atoms with Crippen molar-refractivity contribution in [1.82, 2.24) is 14.1 Å². The molecule has 0 radical (unpaired) electrons. The molecule has 134 valence electrons. The fourth-order valence-electron chi connectivity index (χ4n) is 2.80. The third-order valence-electron chi connectivity index (χ3n) is 4.31. The number of aryl methyl sites for hydroxylation is 1. The van der Waals surface area contributed by atoms with Gasteiger partial charge in [0, 0.05) is 39.3 Å². The Bertz CT molecular complexity index is 697. The molecule has 2 amide bonds. The van der Waals surface area contributed by atoms with Gasteiger partial charge in [-0.2, -0.15) is 4.31 Å². The number of carbonyl (C=O) groups is 1. The summed E-state index contributed by atoms with van der Waals surface area (Å²) >= 11 is 0. The minimum Gasteiger partial charge on any atom is -0.325 e. The lowest BCUT2D eigenvalue weighted by atomic mass is 10.2. The Morgan fingerprint density at radius 3 is 2.29 bits per heavy atom. The molecule has 1 heterocycles. The zero-order valence-electron chi connectivity index (χ0n) is 14.3. The van der Waals surface area contributed by atoms with E-state index in [0.29, 0.717) is 31.7 Å². The van der Waals surface area contributed by atoms with Crippen molar-refractivity contribution in [3.8, 4) is 0 Å². The van der Waals surface area contributed by atoms with E-state index in [-0.39, 0.29) is 24.0 Å². The molecule has 8 heteroatoms. The summed E-state index contributed by atoms with van der Waals surface area (Å²) in [6.45, 7) is 7.81. The van der Waals surface area contributed by atoms with Crippen LogP contribution in [-0.4, -0.2) is 67.8 Å². The summed E-state index contributed by atoms with van der Waals surface area (Å²) < 4.78 is 40.2. The van der Waals surface area contributed by atoms with Crippen LogP contribution in [0.4, 0.5) is 9.18 Å². The maximum absolute atomic E-state index is 13.4. The normalized spacial score (nSPS) is 16.2. The molecule has 0 atom stereocenters. The number of sulfonamides is 1. The van der Waals surface area contributed by atoms with Crippen molar-refractivity contribution < 1.29 is 17.6 Å². The van der Waals surface area contributed by atoms with Gasteiger partial charge in [0.25, 0.3) is 0 Å². The van der Waals surface area contributed by atoms with Crippen LogP contribution in [0.5, 0.6) is 0 Å². The molecule has 1 aliphatic rings. The van der Waals surface area contributed by atoms with Gasteiger partial charge in [-0.3, -0.25) is 0 Å². The van der Waals surface area contributed by atoms with E-state index in [9.17, 15) is 17.6 Å². The van der Waals surface area contributed by atoms with Crippen LogP contribution in [0.3, 0.4) is 0 Å². The van der Waals surface area contributed by atoms with Gasteiger partial charge < -0.3 is 9.80 Å². The number of piperazine rings is 1. The number of amides is 2. The SMILES string of the molecule is CCN(CC)C(=O)N1CCN(S(=O)(=O)c2cc(F)ccc2C)CC1. The number of halogens is 1. The van der Waals surface area contributed by atoms with Crippen molar-refractivity contribution in [2.75, 3.05) is 39.3 Å². The van der Waals surface area contributed by atoms with Crippen molar-refractivity contribution in [2.24, 2.45) is 0 Å². The highest BCUT2D eigenvalue weighted by atomic mass is 32.2. The summed E-state index contributed by atoms with van der Waals surface area (Å²) in [5.74, 6) is -0.575. The summed E-state index contributed by atoms with van der Waals surface area (Å²) in [6, 6.07) is 3.69. The van der Waals surface area contributed by atoms with Crippen molar-refractivity contribution in [3.63, 3.8) is 0 Å². The molecule has 0 N–H and O–H groups in total. The van der Waals surface area contributed by atoms with Gasteiger partial charge in [-0.05, 0) is 38.5 Å². The highest BCUT2D eigenvalue weighted by Crippen LogP contribution is 2.22. The Balaban J connectivity index is 2.11. The number of carbonyl (C=O) groups excluding carboxylic acids is 1. The number of rotatable bonds is 4. The largest absolute Gasteiger partial charge is 0.325 e. The van der Waals surface area contributed by atoms with Gasteiger partial charge in [0.1, 0.15) is 5.82 Å². The average Bonchev–Trinajstić information content (AvgIpc) is 2.58. The Morgan fingerprint density at radius 2 is 1.75 bits per heavy atom. The highest BCUT2D eigenvalue weighted by molar-refractivity contribution is 7.89. The quantitative estimate of drug-likeness (QED) is 0.827. The molecule has 0 aromatic heterocycles. The third-order valence-corrected chi connectivity index (χ3v) is 6.35. The fraction of sp³-hybridized carbons (Fsp3) is 0.562. The lowest BCUT2D eigenvalue weighted by Crippen LogP contribution is -2.54. The van der Waals surface area contributed by atoms with Gasteiger partial charge >= 0.3 is 6.03 Å². The minimum atomic E-state index is -3.75. The van der Waals surface area contributed by atoms with Gasteiger partial charge in [-0.25, -0.2) is 17.6 Å². The van der Waals surface area contributed by atoms with E-state index in [1.54, 1.807) is 16.7 Å². The summed E-state index contributed by atoms with van der Waals surface area (Å²) in [6.07, 6.45) is 0. The van der Waals surface area contributed by atoms with E-state index in [0.717, 1.165) is 6.07 Å². The number of hydrogen-bond acceptors (Lipinski definition) is 3. The van der Waals surface area contributed by atoms with E-state index in [4.69, 9.17) is 0 Å². The molecule has 1 fully saturated rings. The lowest BCUT2D eigenvalue weighted by molar-refractivity contribution is 0.138. The molecule has 0 unspecified atom stereocenters. The summed E-state index contributed by atoms with van der Waals surface area (Å²) in [7, 11) is -3.75. The van der Waals surface area contributed by atoms with Crippen molar-refractivity contribution >= 4 is 16.1 Å². The fourth-order valence-corrected chi connectivity index (χ4v) is 4.46. The monoisotopic (exact) mass is 357 g/mol. The van der Waals surface area contributed by atoms with Crippen LogP contribution in [0.25, 0.3) is 0 Å². The Kier molecular flexibility index (Phi) is 5.82. The van der Waals surface area contributed by atoms with Gasteiger partial charge in [-0.1, -0.05) is 6.07 Å². The van der Waals surface area contributed by atoms with Crippen LogP contribution in [0.2, 0.25) is 0 Å². The predicted molar refractivity (Wildman–Crippen MR) is 89.8 cm³/mol. The zero-order valence-corrected chi connectivity index (χ0v) is 15.1. The van der Waals surface area contributed by atoms with Crippen LogP contribution < -0.4 is 0 Å². The van der Waals surface area contributed by atoms with Crippen LogP contribution in [-0.2, 0) is 10.0 Å². The van der Waals surface area contributed by atoms with Gasteiger partial charge in [0.2, 0.25) is 10.0 Å². The van der Waals surface area contributed by atoms with Crippen molar-refractivity contribution in [2.45, 2.75) is 25.7 Å². The second-order valence-corrected chi connectivity index (χ2v) is 7.66. The molecule has 0 aliphatic carbocycles. The molecular formula is C16H24FN3O3S. The van der Waals surface area contributed by atoms with E-state index in [1.807, 2.05) is 13.8 Å². The van der Waals surface area contributed by atoms with Gasteiger partial charge in [0.05, 0.1) is 4.90 Å². The summed E-state index contributed by atoms with van der Waals surface area (Å²) in [5, 5.41) is 0. The van der Waals surface area contributed by atoms with Crippen LogP contribution in [0, 0.1) is 12.7 Å². The first-order chi connectivity index (χ1) is 11.3. The predicted octanol–water partition coefficient (Wildman–Crippen LogP) is 1.90. The number of benzene rings is 1. The standard InChI is InChI=1S/C16H24FN3O3S/c1-4-18(5-2)16(21)19-8-10-20(11-9-19)24(22,23)15-12-14(17)7-6-13(15)3/h6-7,12H,4-5,8-11H2,1-3H3. The van der Waals surface area contributed by atoms with E-state index in [2.05, 4.69) is 0 Å². The molecule has 1 aliphatic heterocycles. The van der Waals surface area contributed by atoms with Crippen LogP contribution >= 0.6 is 0 Å². The second kappa shape index (κ2) is 7.48. The first-order valence-corrected chi connectivity index (χ1v) is 9.55. The van der Waals surface area contributed by atoms with E-state index < -0.39 is 15.8 Å². The first-order valence-electron chi connectivity index (χ1n) is 8.11. The maximum atomic E-state index is 13.4. The topological polar surface area (TPSA) is 60.9 Å². The lowest BCUT2D eigenvalue weighted by Gasteiger charge is -2.36. The zero-order chi connectivity index (χ0) is 17.9. The molecule has 0 spiro atoms. The molecule has 1 saturated heterocycles. The second-order valence-electron chi connectivity index (χ2n) is 5.76. The van der Waals surface area contributed by atoms with Crippen LogP contribution in [0.1, 0.15) is 19.4 Å². The van der Waals surface area contributed by atoms with Crippen LogP contribution in [0.15, 0.2) is 23.1 Å². The maximum Gasteiger partial charge on any atom is 0.320 e. The van der Waals surface area contributed by atoms with Crippen molar-refractivity contribution in [3.05, 3.63) is 29.6 Å². The van der Waals surface area contributed by atoms with Gasteiger partial charge in [0.15, 0.2) is 0 Å². The number of hydrogen-bond donors (Lipinski definition) is 0. The molecule has 2 rings (SSSR count). The van der Waals surface area contributed by atoms with E-state index in [1.165, 1.54) is 16.4 Å². The highest BCUT2D eigenvalue weighted by Gasteiger charge is 2.32. The van der Waals surface area contributed by atoms with Crippen molar-refractivity contribution in [1.29, 1.82) is 0 Å². The minimum absolute atomic E-state index is 0.00832. The average molecular weight is 357 g/mol. The Labute approximate surface area is 142 Å². The smallest absolute Gasteiger partial charge is 0.320 e. The molecule has 24 heavy (non-hydrogen) atoms. The molecule has 1 aromatic carbocycles. The molecule has 1 aromatic rings. The van der Waals surface area contributed by atoms with Gasteiger partial charge in [-0.15, -0.1) is 0 Å². The molecule has 6 nitrogen and oxygen atoms in total.